The smallest absolute Gasteiger partial charge is 0.123 e. The summed E-state index contributed by atoms with van der Waals surface area (Å²) in [5, 5.41) is 0. The Balaban J connectivity index is 1.67. The molecular formula is C23H23ClO2. The number of benzene rings is 3. The molecule has 0 fully saturated rings. The van der Waals surface area contributed by atoms with E-state index in [4.69, 9.17) is 21.1 Å². The van der Waals surface area contributed by atoms with Crippen LogP contribution in [-0.4, -0.2) is 0 Å². The highest BCUT2D eigenvalue weighted by molar-refractivity contribution is 6.17. The molecule has 0 N–H and O–H groups in total. The minimum Gasteiger partial charge on any atom is -0.489 e. The maximum absolute atomic E-state index is 6.03. The first kappa shape index (κ1) is 18.3. The van der Waals surface area contributed by atoms with Crippen molar-refractivity contribution >= 4 is 11.6 Å². The van der Waals surface area contributed by atoms with Crippen molar-refractivity contribution in [3.63, 3.8) is 0 Å². The van der Waals surface area contributed by atoms with Gasteiger partial charge in [0.25, 0.3) is 0 Å². The molecular weight excluding hydrogens is 344 g/mol. The van der Waals surface area contributed by atoms with E-state index in [0.717, 1.165) is 28.2 Å². The number of hydrogen-bond donors (Lipinski definition) is 0. The average molecular weight is 367 g/mol. The number of hydrogen-bond acceptors (Lipinski definition) is 2. The van der Waals surface area contributed by atoms with E-state index in [1.807, 2.05) is 18.2 Å². The normalized spacial score (nSPS) is 10.6. The first-order valence-electron chi connectivity index (χ1n) is 8.69. The second-order valence-corrected chi connectivity index (χ2v) is 6.76. The van der Waals surface area contributed by atoms with Crippen LogP contribution in [0.5, 0.6) is 11.5 Å². The molecule has 0 aliphatic carbocycles. The molecule has 3 aromatic rings. The van der Waals surface area contributed by atoms with Crippen molar-refractivity contribution in [1.82, 2.24) is 0 Å². The fourth-order valence-corrected chi connectivity index (χ4v) is 2.73. The van der Waals surface area contributed by atoms with Gasteiger partial charge >= 0.3 is 0 Å². The molecule has 0 aliphatic rings. The van der Waals surface area contributed by atoms with E-state index < -0.39 is 0 Å². The summed E-state index contributed by atoms with van der Waals surface area (Å²) in [5.74, 6) is 1.95. The summed E-state index contributed by atoms with van der Waals surface area (Å²) in [6.45, 7) is 5.19. The molecule has 0 aromatic heterocycles. The molecule has 3 aromatic carbocycles. The summed E-state index contributed by atoms with van der Waals surface area (Å²) in [4.78, 5) is 0. The van der Waals surface area contributed by atoms with Gasteiger partial charge in [-0.25, -0.2) is 0 Å². The van der Waals surface area contributed by atoms with E-state index >= 15 is 0 Å². The van der Waals surface area contributed by atoms with Crippen LogP contribution in [0.2, 0.25) is 0 Å². The maximum Gasteiger partial charge on any atom is 0.123 e. The zero-order chi connectivity index (χ0) is 18.4. The molecule has 26 heavy (non-hydrogen) atoms. The standard InChI is InChI=1S/C23H23ClO2/c1-17-3-7-19(8-4-17)15-25-22-11-21(14-24)12-23(13-22)26-16-20-9-5-18(2)6-10-20/h3-13H,14-16H2,1-2H3. The first-order valence-corrected chi connectivity index (χ1v) is 9.22. The van der Waals surface area contributed by atoms with Crippen molar-refractivity contribution < 1.29 is 9.47 Å². The van der Waals surface area contributed by atoms with Crippen molar-refractivity contribution in [3.05, 3.63) is 94.5 Å². The van der Waals surface area contributed by atoms with Gasteiger partial charge in [-0.1, -0.05) is 59.7 Å². The van der Waals surface area contributed by atoms with Gasteiger partial charge in [0.1, 0.15) is 24.7 Å². The van der Waals surface area contributed by atoms with E-state index in [9.17, 15) is 0 Å². The zero-order valence-corrected chi connectivity index (χ0v) is 15.9. The van der Waals surface area contributed by atoms with Gasteiger partial charge in [-0.05, 0) is 42.7 Å². The van der Waals surface area contributed by atoms with Crippen LogP contribution in [-0.2, 0) is 19.1 Å². The van der Waals surface area contributed by atoms with Crippen LogP contribution in [0.25, 0.3) is 0 Å². The van der Waals surface area contributed by atoms with E-state index in [0.29, 0.717) is 19.1 Å². The molecule has 0 aliphatic heterocycles. The molecule has 0 atom stereocenters. The number of ether oxygens (including phenoxy) is 2. The molecule has 0 bridgehead atoms. The Hall–Kier alpha value is -2.45. The average Bonchev–Trinajstić information content (AvgIpc) is 2.67. The van der Waals surface area contributed by atoms with Crippen LogP contribution in [0.1, 0.15) is 27.8 Å². The summed E-state index contributed by atoms with van der Waals surface area (Å²) in [6.07, 6.45) is 0. The maximum atomic E-state index is 6.03. The Morgan fingerprint density at radius 3 is 1.42 bits per heavy atom. The van der Waals surface area contributed by atoms with Gasteiger partial charge in [0.05, 0.1) is 0 Å². The van der Waals surface area contributed by atoms with Crippen LogP contribution in [0.15, 0.2) is 66.7 Å². The first-order chi connectivity index (χ1) is 12.6. The molecule has 0 heterocycles. The Labute approximate surface area is 160 Å². The van der Waals surface area contributed by atoms with Crippen molar-refractivity contribution in [2.24, 2.45) is 0 Å². The predicted octanol–water partition coefficient (Wildman–Crippen LogP) is 6.20. The van der Waals surface area contributed by atoms with Crippen LogP contribution in [0, 0.1) is 13.8 Å². The summed E-state index contributed by atoms with van der Waals surface area (Å²) < 4.78 is 11.9. The highest BCUT2D eigenvalue weighted by atomic mass is 35.5. The number of alkyl halides is 1. The van der Waals surface area contributed by atoms with Crippen LogP contribution in [0.3, 0.4) is 0 Å². The molecule has 3 heteroatoms. The largest absolute Gasteiger partial charge is 0.489 e. The van der Waals surface area contributed by atoms with Gasteiger partial charge in [-0.15, -0.1) is 11.6 Å². The lowest BCUT2D eigenvalue weighted by Gasteiger charge is -2.12. The molecule has 2 nitrogen and oxygen atoms in total. The molecule has 0 spiro atoms. The van der Waals surface area contributed by atoms with E-state index in [-0.39, 0.29) is 0 Å². The third-order valence-corrected chi connectivity index (χ3v) is 4.45. The number of aryl methyl sites for hydroxylation is 2. The summed E-state index contributed by atoms with van der Waals surface area (Å²) in [7, 11) is 0. The number of rotatable bonds is 7. The Morgan fingerprint density at radius 1 is 0.615 bits per heavy atom. The molecule has 0 saturated carbocycles. The topological polar surface area (TPSA) is 18.5 Å². The zero-order valence-electron chi connectivity index (χ0n) is 15.2. The molecule has 3 rings (SSSR count). The van der Waals surface area contributed by atoms with Crippen LogP contribution >= 0.6 is 11.6 Å². The molecule has 0 amide bonds. The quantitative estimate of drug-likeness (QED) is 0.463. The minimum atomic E-state index is 0.419. The Kier molecular flexibility index (Phi) is 6.19. The molecule has 0 unspecified atom stereocenters. The second-order valence-electron chi connectivity index (χ2n) is 6.49. The SMILES string of the molecule is Cc1ccc(COc2cc(CCl)cc(OCc3ccc(C)cc3)c2)cc1. The summed E-state index contributed by atoms with van der Waals surface area (Å²) >= 11 is 6.03. The van der Waals surface area contributed by atoms with Gasteiger partial charge in [0, 0.05) is 11.9 Å². The lowest BCUT2D eigenvalue weighted by atomic mass is 10.1. The fourth-order valence-electron chi connectivity index (χ4n) is 2.58. The molecule has 0 saturated heterocycles. The lowest BCUT2D eigenvalue weighted by molar-refractivity contribution is 0.289. The van der Waals surface area contributed by atoms with Gasteiger partial charge in [-0.3, -0.25) is 0 Å². The van der Waals surface area contributed by atoms with Crippen molar-refractivity contribution in [1.29, 1.82) is 0 Å². The van der Waals surface area contributed by atoms with E-state index in [1.54, 1.807) is 0 Å². The fraction of sp³-hybridized carbons (Fsp3) is 0.217. The minimum absolute atomic E-state index is 0.419. The van der Waals surface area contributed by atoms with Gasteiger partial charge in [-0.2, -0.15) is 0 Å². The Morgan fingerprint density at radius 2 is 1.04 bits per heavy atom. The number of halogens is 1. The highest BCUT2D eigenvalue weighted by Crippen LogP contribution is 2.25. The highest BCUT2D eigenvalue weighted by Gasteiger charge is 2.05. The predicted molar refractivity (Wildman–Crippen MR) is 107 cm³/mol. The van der Waals surface area contributed by atoms with Crippen molar-refractivity contribution in [2.45, 2.75) is 32.9 Å². The van der Waals surface area contributed by atoms with Crippen molar-refractivity contribution in [2.75, 3.05) is 0 Å². The molecule has 134 valence electrons. The summed E-state index contributed by atoms with van der Waals surface area (Å²) in [5.41, 5.74) is 5.73. The van der Waals surface area contributed by atoms with Crippen LogP contribution < -0.4 is 9.47 Å². The van der Waals surface area contributed by atoms with Gasteiger partial charge < -0.3 is 9.47 Å². The van der Waals surface area contributed by atoms with Crippen molar-refractivity contribution in [3.8, 4) is 11.5 Å². The van der Waals surface area contributed by atoms with E-state index in [1.165, 1.54) is 11.1 Å². The van der Waals surface area contributed by atoms with Gasteiger partial charge in [0.2, 0.25) is 0 Å². The van der Waals surface area contributed by atoms with Crippen LogP contribution in [0.4, 0.5) is 0 Å². The third-order valence-electron chi connectivity index (χ3n) is 4.15. The second kappa shape index (κ2) is 8.77. The van der Waals surface area contributed by atoms with Gasteiger partial charge in [0.15, 0.2) is 0 Å². The third kappa shape index (κ3) is 5.27. The monoisotopic (exact) mass is 366 g/mol. The summed E-state index contributed by atoms with van der Waals surface area (Å²) in [6, 6.07) is 22.5. The molecule has 0 radical (unpaired) electrons. The Bertz CT molecular complexity index is 771. The lowest BCUT2D eigenvalue weighted by Crippen LogP contribution is -1.99. The van der Waals surface area contributed by atoms with E-state index in [2.05, 4.69) is 62.4 Å².